The molecule has 0 saturated heterocycles. The number of carbonyl (C=O) groups is 1. The van der Waals surface area contributed by atoms with Gasteiger partial charge in [-0.1, -0.05) is 18.2 Å². The molecular formula is C18H20F2N2O4S. The van der Waals surface area contributed by atoms with Crippen LogP contribution < -0.4 is 14.4 Å². The van der Waals surface area contributed by atoms with Crippen molar-refractivity contribution in [3.05, 3.63) is 59.7 Å². The second kappa shape index (κ2) is 8.81. The Balaban J connectivity index is 2.01. The number of rotatable bonds is 8. The van der Waals surface area contributed by atoms with Crippen LogP contribution in [0.15, 0.2) is 42.5 Å². The Bertz CT molecular complexity index is 882. The zero-order chi connectivity index (χ0) is 20.0. The van der Waals surface area contributed by atoms with Crippen molar-refractivity contribution in [1.82, 2.24) is 5.32 Å². The summed E-state index contributed by atoms with van der Waals surface area (Å²) in [6.07, 6.45) is 0.575. The summed E-state index contributed by atoms with van der Waals surface area (Å²) in [6.45, 7) is -0.152. The number of ether oxygens (including phenoxy) is 1. The van der Waals surface area contributed by atoms with Crippen molar-refractivity contribution in [2.45, 2.75) is 13.0 Å². The van der Waals surface area contributed by atoms with E-state index < -0.39 is 33.3 Å². The molecule has 0 fully saturated rings. The summed E-state index contributed by atoms with van der Waals surface area (Å²) in [5, 5.41) is 2.64. The Kier molecular flexibility index (Phi) is 6.73. The van der Waals surface area contributed by atoms with Crippen molar-refractivity contribution >= 4 is 21.6 Å². The van der Waals surface area contributed by atoms with E-state index in [9.17, 15) is 22.0 Å². The van der Waals surface area contributed by atoms with Crippen LogP contribution in [-0.2, 0) is 21.4 Å². The smallest absolute Gasteiger partial charge is 0.232 e. The first-order chi connectivity index (χ1) is 12.7. The van der Waals surface area contributed by atoms with Gasteiger partial charge in [0.15, 0.2) is 11.6 Å². The van der Waals surface area contributed by atoms with E-state index in [4.69, 9.17) is 4.74 Å². The number of nitrogens with zero attached hydrogens (tertiary/aromatic N) is 1. The lowest BCUT2D eigenvalue weighted by molar-refractivity contribution is -0.121. The molecule has 0 bridgehead atoms. The van der Waals surface area contributed by atoms with Crippen molar-refractivity contribution in [3.63, 3.8) is 0 Å². The molecule has 2 rings (SSSR count). The molecule has 0 spiro atoms. The zero-order valence-electron chi connectivity index (χ0n) is 14.9. The molecule has 0 aromatic heterocycles. The highest BCUT2D eigenvalue weighted by molar-refractivity contribution is 7.92. The van der Waals surface area contributed by atoms with E-state index in [1.54, 1.807) is 31.4 Å². The number of anilines is 1. The van der Waals surface area contributed by atoms with Gasteiger partial charge in [-0.15, -0.1) is 0 Å². The first-order valence-corrected chi connectivity index (χ1v) is 9.88. The molecule has 0 aliphatic heterocycles. The van der Waals surface area contributed by atoms with E-state index in [1.807, 2.05) is 0 Å². The summed E-state index contributed by atoms with van der Waals surface area (Å²) < 4.78 is 57.3. The Morgan fingerprint density at radius 1 is 1.11 bits per heavy atom. The number of carbonyl (C=O) groups excluding carboxylic acids is 1. The number of sulfonamides is 1. The van der Waals surface area contributed by atoms with Crippen LogP contribution in [0.1, 0.15) is 12.0 Å². The minimum atomic E-state index is -3.97. The highest BCUT2D eigenvalue weighted by atomic mass is 32.2. The number of nitrogens with one attached hydrogen (secondary N) is 1. The fraction of sp³-hybridized carbons (Fsp3) is 0.278. The topological polar surface area (TPSA) is 75.7 Å². The van der Waals surface area contributed by atoms with Crippen LogP contribution in [0, 0.1) is 11.6 Å². The normalized spacial score (nSPS) is 11.1. The molecule has 2 aromatic carbocycles. The van der Waals surface area contributed by atoms with Crippen LogP contribution in [0.5, 0.6) is 5.75 Å². The number of hydrogen-bond acceptors (Lipinski definition) is 4. The quantitative estimate of drug-likeness (QED) is 0.741. The van der Waals surface area contributed by atoms with Gasteiger partial charge in [0.25, 0.3) is 0 Å². The van der Waals surface area contributed by atoms with Crippen molar-refractivity contribution < 1.29 is 26.7 Å². The maximum atomic E-state index is 13.9. The Hall–Kier alpha value is -2.68. The Morgan fingerprint density at radius 2 is 1.70 bits per heavy atom. The van der Waals surface area contributed by atoms with Gasteiger partial charge in [0.2, 0.25) is 15.9 Å². The van der Waals surface area contributed by atoms with E-state index in [2.05, 4.69) is 5.32 Å². The molecule has 0 heterocycles. The molecule has 0 unspecified atom stereocenters. The molecule has 0 saturated carbocycles. The average Bonchev–Trinajstić information content (AvgIpc) is 2.61. The van der Waals surface area contributed by atoms with Crippen LogP contribution in [0.2, 0.25) is 0 Å². The third-order valence-corrected chi connectivity index (χ3v) is 4.94. The third-order valence-electron chi connectivity index (χ3n) is 3.78. The van der Waals surface area contributed by atoms with Gasteiger partial charge in [-0.05, 0) is 29.8 Å². The summed E-state index contributed by atoms with van der Waals surface area (Å²) in [7, 11) is -2.43. The monoisotopic (exact) mass is 398 g/mol. The predicted octanol–water partition coefficient (Wildman–Crippen LogP) is 2.45. The van der Waals surface area contributed by atoms with Gasteiger partial charge in [-0.2, -0.15) is 0 Å². The first-order valence-electron chi connectivity index (χ1n) is 8.03. The van der Waals surface area contributed by atoms with Gasteiger partial charge in [0, 0.05) is 19.5 Å². The molecular weight excluding hydrogens is 378 g/mol. The number of halogens is 2. The van der Waals surface area contributed by atoms with E-state index in [0.29, 0.717) is 10.1 Å². The Labute approximate surface area is 156 Å². The van der Waals surface area contributed by atoms with Gasteiger partial charge >= 0.3 is 0 Å². The number of methoxy groups -OCH3 is 1. The molecule has 0 radical (unpaired) electrons. The molecule has 27 heavy (non-hydrogen) atoms. The van der Waals surface area contributed by atoms with E-state index >= 15 is 0 Å². The van der Waals surface area contributed by atoms with Crippen molar-refractivity contribution in [2.24, 2.45) is 0 Å². The van der Waals surface area contributed by atoms with Crippen LogP contribution in [0.25, 0.3) is 0 Å². The molecule has 146 valence electrons. The molecule has 2 aromatic rings. The van der Waals surface area contributed by atoms with Crippen LogP contribution in [0.3, 0.4) is 0 Å². The second-order valence-electron chi connectivity index (χ2n) is 5.78. The number of amides is 1. The molecule has 0 aliphatic carbocycles. The van der Waals surface area contributed by atoms with E-state index in [0.717, 1.165) is 30.0 Å². The SMILES string of the molecule is COc1ccc(CNC(=O)CCN(c2c(F)cccc2F)S(C)(=O)=O)cc1. The fourth-order valence-electron chi connectivity index (χ4n) is 2.41. The highest BCUT2D eigenvalue weighted by Crippen LogP contribution is 2.25. The second-order valence-corrected chi connectivity index (χ2v) is 7.69. The number of hydrogen-bond donors (Lipinski definition) is 1. The summed E-state index contributed by atoms with van der Waals surface area (Å²) in [5.41, 5.74) is 0.132. The Morgan fingerprint density at radius 3 is 2.22 bits per heavy atom. The maximum Gasteiger partial charge on any atom is 0.232 e. The predicted molar refractivity (Wildman–Crippen MR) is 98.0 cm³/mol. The summed E-state index contributed by atoms with van der Waals surface area (Å²) >= 11 is 0. The van der Waals surface area contributed by atoms with Crippen molar-refractivity contribution in [3.8, 4) is 5.75 Å². The summed E-state index contributed by atoms with van der Waals surface area (Å²) in [6, 6.07) is 10.1. The lowest BCUT2D eigenvalue weighted by atomic mass is 10.2. The third kappa shape index (κ3) is 5.65. The van der Waals surface area contributed by atoms with Crippen molar-refractivity contribution in [1.29, 1.82) is 0 Å². The minimum absolute atomic E-state index is 0.232. The van der Waals surface area contributed by atoms with Gasteiger partial charge < -0.3 is 10.1 Å². The summed E-state index contributed by atoms with van der Waals surface area (Å²) in [4.78, 5) is 12.0. The van der Waals surface area contributed by atoms with E-state index in [1.165, 1.54) is 0 Å². The molecule has 0 aliphatic rings. The lowest BCUT2D eigenvalue weighted by Gasteiger charge is -2.23. The van der Waals surface area contributed by atoms with Gasteiger partial charge in [-0.25, -0.2) is 17.2 Å². The lowest BCUT2D eigenvalue weighted by Crippen LogP contribution is -2.35. The van der Waals surface area contributed by atoms with Gasteiger partial charge in [0.05, 0.1) is 13.4 Å². The minimum Gasteiger partial charge on any atom is -0.497 e. The van der Waals surface area contributed by atoms with Crippen molar-refractivity contribution in [2.75, 3.05) is 24.2 Å². The maximum absolute atomic E-state index is 13.9. The first kappa shape index (κ1) is 20.6. The molecule has 6 nitrogen and oxygen atoms in total. The standard InChI is InChI=1S/C18H20F2N2O4S/c1-26-14-8-6-13(7-9-14)12-21-17(23)10-11-22(27(2,24)25)18-15(19)4-3-5-16(18)20/h3-9H,10-12H2,1-2H3,(H,21,23). The van der Waals surface area contributed by atoms with Crippen LogP contribution in [0.4, 0.5) is 14.5 Å². The van der Waals surface area contributed by atoms with Gasteiger partial charge in [0.1, 0.15) is 11.4 Å². The molecule has 1 N–H and O–H groups in total. The van der Waals surface area contributed by atoms with E-state index in [-0.39, 0.29) is 19.5 Å². The summed E-state index contributed by atoms with van der Waals surface area (Å²) in [5.74, 6) is -1.80. The molecule has 9 heteroatoms. The number of para-hydroxylation sites is 1. The van der Waals surface area contributed by atoms with Crippen LogP contribution in [-0.4, -0.2) is 34.2 Å². The fourth-order valence-corrected chi connectivity index (χ4v) is 3.34. The highest BCUT2D eigenvalue weighted by Gasteiger charge is 2.24. The largest absolute Gasteiger partial charge is 0.497 e. The zero-order valence-corrected chi connectivity index (χ0v) is 15.7. The molecule has 0 atom stereocenters. The average molecular weight is 398 g/mol. The van der Waals surface area contributed by atoms with Gasteiger partial charge in [-0.3, -0.25) is 9.10 Å². The molecule has 1 amide bonds. The van der Waals surface area contributed by atoms with Crippen LogP contribution >= 0.6 is 0 Å². The number of benzene rings is 2.